The molecule has 2 atom stereocenters. The second kappa shape index (κ2) is 6.38. The van der Waals surface area contributed by atoms with E-state index in [1.807, 2.05) is 11.2 Å². The maximum atomic E-state index is 11.9. The van der Waals surface area contributed by atoms with Gasteiger partial charge in [0.15, 0.2) is 0 Å². The minimum atomic E-state index is 0.210. The van der Waals surface area contributed by atoms with Crippen LogP contribution in [0.15, 0.2) is 0 Å². The molecule has 0 radical (unpaired) electrons. The Morgan fingerprint density at radius 3 is 3.00 bits per heavy atom. The number of rotatable bonds is 4. The summed E-state index contributed by atoms with van der Waals surface area (Å²) in [5.74, 6) is 0.544. The summed E-state index contributed by atoms with van der Waals surface area (Å²) in [6.45, 7) is 3.91. The van der Waals surface area contributed by atoms with Crippen molar-refractivity contribution in [2.45, 2.75) is 31.4 Å². The van der Waals surface area contributed by atoms with Crippen molar-refractivity contribution < 1.29 is 9.90 Å². The molecule has 1 N–H and O–H groups in total. The van der Waals surface area contributed by atoms with Gasteiger partial charge in [0.2, 0.25) is 5.91 Å². The van der Waals surface area contributed by atoms with Crippen LogP contribution < -0.4 is 0 Å². The van der Waals surface area contributed by atoms with Crippen LogP contribution in [0.5, 0.6) is 0 Å². The van der Waals surface area contributed by atoms with Crippen molar-refractivity contribution in [3.63, 3.8) is 0 Å². The Morgan fingerprint density at radius 2 is 2.40 bits per heavy atom. The molecule has 0 aromatic carbocycles. The maximum absolute atomic E-state index is 11.9. The Balaban J connectivity index is 2.38. The van der Waals surface area contributed by atoms with Crippen LogP contribution in [-0.4, -0.2) is 47.1 Å². The molecule has 88 valence electrons. The van der Waals surface area contributed by atoms with Crippen molar-refractivity contribution in [2.24, 2.45) is 5.92 Å². The SMILES string of the molecule is CSC(C)CC(=O)N1CCCC(CO)C1. The molecule has 0 saturated carbocycles. The van der Waals surface area contributed by atoms with Crippen molar-refractivity contribution in [1.82, 2.24) is 4.90 Å². The lowest BCUT2D eigenvalue weighted by molar-refractivity contribution is -0.133. The van der Waals surface area contributed by atoms with Crippen LogP contribution in [-0.2, 0) is 4.79 Å². The lowest BCUT2D eigenvalue weighted by atomic mass is 9.99. The molecule has 1 rings (SSSR count). The van der Waals surface area contributed by atoms with E-state index in [9.17, 15) is 4.79 Å². The fraction of sp³-hybridized carbons (Fsp3) is 0.909. The van der Waals surface area contributed by atoms with E-state index in [0.29, 0.717) is 17.6 Å². The quantitative estimate of drug-likeness (QED) is 0.794. The number of aliphatic hydroxyl groups excluding tert-OH is 1. The van der Waals surface area contributed by atoms with Gasteiger partial charge in [0, 0.05) is 31.4 Å². The number of amides is 1. The molecule has 1 fully saturated rings. The molecule has 4 heteroatoms. The Labute approximate surface area is 96.2 Å². The largest absolute Gasteiger partial charge is 0.396 e. The minimum absolute atomic E-state index is 0.210. The Bertz CT molecular complexity index is 211. The topological polar surface area (TPSA) is 40.5 Å². The van der Waals surface area contributed by atoms with E-state index in [-0.39, 0.29) is 12.5 Å². The molecule has 1 saturated heterocycles. The summed E-state index contributed by atoms with van der Waals surface area (Å²) in [4.78, 5) is 13.8. The molecule has 1 aliphatic heterocycles. The third-order valence-electron chi connectivity index (χ3n) is 2.99. The molecule has 2 unspecified atom stereocenters. The van der Waals surface area contributed by atoms with Crippen LogP contribution in [0.2, 0.25) is 0 Å². The Morgan fingerprint density at radius 1 is 1.67 bits per heavy atom. The average Bonchev–Trinajstić information content (AvgIpc) is 2.28. The molecule has 0 aromatic rings. The number of aliphatic hydroxyl groups is 1. The highest BCUT2D eigenvalue weighted by atomic mass is 32.2. The van der Waals surface area contributed by atoms with E-state index in [4.69, 9.17) is 5.11 Å². The number of carbonyl (C=O) groups excluding carboxylic acids is 1. The van der Waals surface area contributed by atoms with E-state index in [0.717, 1.165) is 25.9 Å². The van der Waals surface area contributed by atoms with Gasteiger partial charge in [0.25, 0.3) is 0 Å². The van der Waals surface area contributed by atoms with Crippen LogP contribution in [0.25, 0.3) is 0 Å². The van der Waals surface area contributed by atoms with Gasteiger partial charge in [0.05, 0.1) is 0 Å². The van der Waals surface area contributed by atoms with Crippen molar-refractivity contribution in [1.29, 1.82) is 0 Å². The highest BCUT2D eigenvalue weighted by Crippen LogP contribution is 2.18. The Hall–Kier alpha value is -0.220. The second-order valence-electron chi connectivity index (χ2n) is 4.28. The van der Waals surface area contributed by atoms with Gasteiger partial charge in [-0.05, 0) is 25.0 Å². The van der Waals surface area contributed by atoms with Crippen molar-refractivity contribution in [2.75, 3.05) is 26.0 Å². The van der Waals surface area contributed by atoms with Crippen LogP contribution in [0, 0.1) is 5.92 Å². The first-order valence-corrected chi connectivity index (χ1v) is 6.87. The van der Waals surface area contributed by atoms with Crippen molar-refractivity contribution >= 4 is 17.7 Å². The Kier molecular flexibility index (Phi) is 5.47. The van der Waals surface area contributed by atoms with Crippen LogP contribution in [0.1, 0.15) is 26.2 Å². The van der Waals surface area contributed by atoms with Gasteiger partial charge in [-0.1, -0.05) is 6.92 Å². The molecular formula is C11H21NO2S. The predicted octanol–water partition coefficient (Wildman–Crippen LogP) is 1.36. The molecule has 1 aliphatic rings. The first-order valence-electron chi connectivity index (χ1n) is 5.58. The first-order chi connectivity index (χ1) is 7.17. The zero-order chi connectivity index (χ0) is 11.3. The summed E-state index contributed by atoms with van der Waals surface area (Å²) in [7, 11) is 0. The number of thioether (sulfide) groups is 1. The van der Waals surface area contributed by atoms with Crippen LogP contribution in [0.3, 0.4) is 0 Å². The highest BCUT2D eigenvalue weighted by Gasteiger charge is 2.23. The molecule has 3 nitrogen and oxygen atoms in total. The molecule has 0 spiro atoms. The van der Waals surface area contributed by atoms with Crippen LogP contribution in [0.4, 0.5) is 0 Å². The van der Waals surface area contributed by atoms with Gasteiger partial charge in [-0.3, -0.25) is 4.79 Å². The van der Waals surface area contributed by atoms with Gasteiger partial charge in [-0.2, -0.15) is 11.8 Å². The molecular weight excluding hydrogens is 210 g/mol. The number of carbonyl (C=O) groups is 1. The molecule has 1 amide bonds. The predicted molar refractivity (Wildman–Crippen MR) is 64.0 cm³/mol. The smallest absolute Gasteiger partial charge is 0.223 e. The summed E-state index contributed by atoms with van der Waals surface area (Å²) in [6, 6.07) is 0. The fourth-order valence-corrected chi connectivity index (χ4v) is 2.21. The zero-order valence-electron chi connectivity index (χ0n) is 9.61. The maximum Gasteiger partial charge on any atom is 0.223 e. The summed E-state index contributed by atoms with van der Waals surface area (Å²) in [5, 5.41) is 9.47. The highest BCUT2D eigenvalue weighted by molar-refractivity contribution is 7.99. The zero-order valence-corrected chi connectivity index (χ0v) is 10.4. The lowest BCUT2D eigenvalue weighted by Crippen LogP contribution is -2.41. The summed E-state index contributed by atoms with van der Waals surface area (Å²) < 4.78 is 0. The van der Waals surface area contributed by atoms with Gasteiger partial charge < -0.3 is 10.0 Å². The minimum Gasteiger partial charge on any atom is -0.396 e. The normalized spacial score (nSPS) is 23.9. The number of hydrogen-bond donors (Lipinski definition) is 1. The number of likely N-dealkylation sites (tertiary alicyclic amines) is 1. The third kappa shape index (κ3) is 4.03. The fourth-order valence-electron chi connectivity index (χ4n) is 1.90. The number of nitrogens with zero attached hydrogens (tertiary/aromatic N) is 1. The van der Waals surface area contributed by atoms with Gasteiger partial charge in [-0.25, -0.2) is 0 Å². The summed E-state index contributed by atoms with van der Waals surface area (Å²) >= 11 is 1.73. The van der Waals surface area contributed by atoms with Crippen LogP contribution >= 0.6 is 11.8 Å². The standard InChI is InChI=1S/C11H21NO2S/c1-9(15-2)6-11(14)12-5-3-4-10(7-12)8-13/h9-10,13H,3-8H2,1-2H3. The van der Waals surface area contributed by atoms with Crippen molar-refractivity contribution in [3.05, 3.63) is 0 Å². The van der Waals surface area contributed by atoms with Crippen molar-refractivity contribution in [3.8, 4) is 0 Å². The van der Waals surface area contributed by atoms with E-state index < -0.39 is 0 Å². The summed E-state index contributed by atoms with van der Waals surface area (Å²) in [6.07, 6.45) is 4.74. The van der Waals surface area contributed by atoms with E-state index in [1.54, 1.807) is 11.8 Å². The number of hydrogen-bond acceptors (Lipinski definition) is 3. The average molecular weight is 231 g/mol. The number of piperidine rings is 1. The third-order valence-corrected chi connectivity index (χ3v) is 3.97. The second-order valence-corrected chi connectivity index (χ2v) is 5.56. The van der Waals surface area contributed by atoms with E-state index >= 15 is 0 Å². The van der Waals surface area contributed by atoms with Gasteiger partial charge in [-0.15, -0.1) is 0 Å². The first kappa shape index (κ1) is 12.8. The van der Waals surface area contributed by atoms with E-state index in [2.05, 4.69) is 6.92 Å². The molecule has 15 heavy (non-hydrogen) atoms. The van der Waals surface area contributed by atoms with Gasteiger partial charge >= 0.3 is 0 Å². The summed E-state index contributed by atoms with van der Waals surface area (Å²) in [5.41, 5.74) is 0. The molecule has 1 heterocycles. The van der Waals surface area contributed by atoms with E-state index in [1.165, 1.54) is 0 Å². The molecule has 0 aliphatic carbocycles. The lowest BCUT2D eigenvalue weighted by Gasteiger charge is -2.32. The molecule has 0 bridgehead atoms. The van der Waals surface area contributed by atoms with Gasteiger partial charge in [0.1, 0.15) is 0 Å². The molecule has 0 aromatic heterocycles. The monoisotopic (exact) mass is 231 g/mol.